The van der Waals surface area contributed by atoms with Crippen LogP contribution in [0.2, 0.25) is 0 Å². The van der Waals surface area contributed by atoms with E-state index in [1.54, 1.807) is 0 Å². The van der Waals surface area contributed by atoms with Crippen LogP contribution in [0.5, 0.6) is 0 Å². The second-order valence-electron chi connectivity index (χ2n) is 4.32. The monoisotopic (exact) mass is 210 g/mol. The van der Waals surface area contributed by atoms with Crippen LogP contribution >= 0.6 is 0 Å². The Labute approximate surface area is 90.0 Å². The van der Waals surface area contributed by atoms with Crippen LogP contribution in [0.4, 0.5) is 0 Å². The van der Waals surface area contributed by atoms with Gasteiger partial charge in [0.25, 0.3) is 0 Å². The zero-order valence-corrected chi connectivity index (χ0v) is 9.01. The van der Waals surface area contributed by atoms with Crippen molar-refractivity contribution in [2.24, 2.45) is 11.0 Å². The fourth-order valence-electron chi connectivity index (χ4n) is 2.77. The molecule has 1 saturated carbocycles. The Morgan fingerprint density at radius 2 is 2.40 bits per heavy atom. The Balaban J connectivity index is 1.91. The van der Waals surface area contributed by atoms with Crippen LogP contribution in [-0.4, -0.2) is 43.8 Å². The molecule has 0 bridgehead atoms. The standard InChI is InChI=1S/C10H18N4O/c11-13-12-4-5-14-6-7-15-8-9-2-1-3-10(9)14/h9-10H,1-8H2. The zero-order chi connectivity index (χ0) is 10.5. The molecule has 0 aromatic heterocycles. The highest BCUT2D eigenvalue weighted by Gasteiger charge is 2.33. The maximum absolute atomic E-state index is 8.25. The zero-order valence-electron chi connectivity index (χ0n) is 9.01. The summed E-state index contributed by atoms with van der Waals surface area (Å²) in [6, 6.07) is 0.668. The molecule has 0 aromatic rings. The van der Waals surface area contributed by atoms with Crippen LogP contribution in [0, 0.1) is 5.92 Å². The summed E-state index contributed by atoms with van der Waals surface area (Å²) in [6.45, 7) is 4.20. The van der Waals surface area contributed by atoms with Crippen molar-refractivity contribution in [1.29, 1.82) is 0 Å². The van der Waals surface area contributed by atoms with Crippen LogP contribution in [0.15, 0.2) is 5.11 Å². The van der Waals surface area contributed by atoms with Gasteiger partial charge >= 0.3 is 0 Å². The van der Waals surface area contributed by atoms with Gasteiger partial charge < -0.3 is 4.74 Å². The average molecular weight is 210 g/mol. The summed E-state index contributed by atoms with van der Waals surface area (Å²) in [6.07, 6.45) is 3.89. The van der Waals surface area contributed by atoms with Crippen LogP contribution in [-0.2, 0) is 4.74 Å². The van der Waals surface area contributed by atoms with E-state index in [-0.39, 0.29) is 0 Å². The van der Waals surface area contributed by atoms with Gasteiger partial charge in [-0.1, -0.05) is 11.5 Å². The van der Waals surface area contributed by atoms with E-state index in [1.807, 2.05) is 0 Å². The lowest BCUT2D eigenvalue weighted by atomic mass is 10.0. The van der Waals surface area contributed by atoms with Gasteiger partial charge in [-0.05, 0) is 24.3 Å². The van der Waals surface area contributed by atoms with E-state index >= 15 is 0 Å². The van der Waals surface area contributed by atoms with Gasteiger partial charge in [0.15, 0.2) is 0 Å². The number of rotatable bonds is 3. The molecular weight excluding hydrogens is 192 g/mol. The molecule has 2 rings (SSSR count). The Hall–Kier alpha value is -0.770. The van der Waals surface area contributed by atoms with Gasteiger partial charge in [0, 0.05) is 30.6 Å². The minimum atomic E-state index is 0.583. The number of fused-ring (bicyclic) bond motifs is 1. The van der Waals surface area contributed by atoms with Gasteiger partial charge in [-0.25, -0.2) is 0 Å². The van der Waals surface area contributed by atoms with Crippen LogP contribution in [0.25, 0.3) is 10.4 Å². The number of ether oxygens (including phenoxy) is 1. The van der Waals surface area contributed by atoms with Gasteiger partial charge in [-0.2, -0.15) is 0 Å². The van der Waals surface area contributed by atoms with Crippen molar-refractivity contribution < 1.29 is 4.74 Å². The number of hydrogen-bond acceptors (Lipinski definition) is 3. The Morgan fingerprint density at radius 1 is 1.47 bits per heavy atom. The van der Waals surface area contributed by atoms with E-state index in [0.29, 0.717) is 18.5 Å². The molecule has 15 heavy (non-hydrogen) atoms. The second-order valence-corrected chi connectivity index (χ2v) is 4.32. The van der Waals surface area contributed by atoms with E-state index in [4.69, 9.17) is 10.3 Å². The highest BCUT2D eigenvalue weighted by Crippen LogP contribution is 2.31. The van der Waals surface area contributed by atoms with Crippen molar-refractivity contribution in [1.82, 2.24) is 4.90 Å². The van der Waals surface area contributed by atoms with Gasteiger partial charge in [0.2, 0.25) is 0 Å². The van der Waals surface area contributed by atoms with E-state index < -0.39 is 0 Å². The molecule has 2 unspecified atom stereocenters. The van der Waals surface area contributed by atoms with Crippen molar-refractivity contribution in [2.75, 3.05) is 32.8 Å². The summed E-state index contributed by atoms with van der Waals surface area (Å²) < 4.78 is 5.60. The predicted octanol–water partition coefficient (Wildman–Crippen LogP) is 1.80. The third-order valence-corrected chi connectivity index (χ3v) is 3.49. The van der Waals surface area contributed by atoms with E-state index in [2.05, 4.69) is 14.9 Å². The third-order valence-electron chi connectivity index (χ3n) is 3.49. The molecule has 1 aliphatic heterocycles. The lowest BCUT2D eigenvalue weighted by Gasteiger charge is -2.29. The summed E-state index contributed by atoms with van der Waals surface area (Å²) in [4.78, 5) is 5.24. The van der Waals surface area contributed by atoms with E-state index in [9.17, 15) is 0 Å². The molecule has 84 valence electrons. The van der Waals surface area contributed by atoms with Crippen LogP contribution in [0.1, 0.15) is 19.3 Å². The average Bonchev–Trinajstić information content (AvgIpc) is 2.63. The quantitative estimate of drug-likeness (QED) is 0.405. The minimum absolute atomic E-state index is 0.583. The minimum Gasteiger partial charge on any atom is -0.380 e. The van der Waals surface area contributed by atoms with Crippen LogP contribution < -0.4 is 0 Å². The molecule has 2 aliphatic rings. The first kappa shape index (κ1) is 10.7. The summed E-state index contributed by atoms with van der Waals surface area (Å²) in [7, 11) is 0. The molecule has 0 spiro atoms. The molecule has 2 fully saturated rings. The fraction of sp³-hybridized carbons (Fsp3) is 1.00. The lowest BCUT2D eigenvalue weighted by molar-refractivity contribution is 0.120. The molecule has 0 aromatic carbocycles. The molecule has 1 saturated heterocycles. The molecule has 2 atom stereocenters. The first-order valence-corrected chi connectivity index (χ1v) is 5.74. The van der Waals surface area contributed by atoms with Crippen molar-refractivity contribution in [3.63, 3.8) is 0 Å². The van der Waals surface area contributed by atoms with Crippen molar-refractivity contribution in [3.05, 3.63) is 10.4 Å². The van der Waals surface area contributed by atoms with Gasteiger partial charge in [0.1, 0.15) is 0 Å². The number of nitrogens with zero attached hydrogens (tertiary/aromatic N) is 4. The third kappa shape index (κ3) is 2.62. The summed E-state index contributed by atoms with van der Waals surface area (Å²) in [5.74, 6) is 0.707. The molecule has 0 amide bonds. The molecule has 5 nitrogen and oxygen atoms in total. The van der Waals surface area contributed by atoms with Gasteiger partial charge in [-0.15, -0.1) is 0 Å². The van der Waals surface area contributed by atoms with E-state index in [1.165, 1.54) is 19.3 Å². The van der Waals surface area contributed by atoms with Crippen LogP contribution in [0.3, 0.4) is 0 Å². The molecule has 5 heteroatoms. The highest BCUT2D eigenvalue weighted by molar-refractivity contribution is 4.87. The molecular formula is C10H18N4O. The summed E-state index contributed by atoms with van der Waals surface area (Å²) in [5.41, 5.74) is 8.25. The van der Waals surface area contributed by atoms with Gasteiger partial charge in [-0.3, -0.25) is 4.90 Å². The second kappa shape index (κ2) is 5.35. The lowest BCUT2D eigenvalue weighted by Crippen LogP contribution is -2.39. The largest absolute Gasteiger partial charge is 0.380 e. The normalized spacial score (nSPS) is 31.7. The SMILES string of the molecule is [N-]=[N+]=NCCN1CCOCC2CCCC21. The Kier molecular flexibility index (Phi) is 3.83. The van der Waals surface area contributed by atoms with Crippen molar-refractivity contribution in [3.8, 4) is 0 Å². The summed E-state index contributed by atoms with van der Waals surface area (Å²) >= 11 is 0. The Bertz CT molecular complexity index is 252. The van der Waals surface area contributed by atoms with Crippen molar-refractivity contribution >= 4 is 0 Å². The fourth-order valence-corrected chi connectivity index (χ4v) is 2.77. The van der Waals surface area contributed by atoms with Gasteiger partial charge in [0.05, 0.1) is 13.2 Å². The smallest absolute Gasteiger partial charge is 0.0593 e. The molecule has 0 N–H and O–H groups in total. The van der Waals surface area contributed by atoms with E-state index in [0.717, 1.165) is 26.3 Å². The predicted molar refractivity (Wildman–Crippen MR) is 57.5 cm³/mol. The van der Waals surface area contributed by atoms with Crippen molar-refractivity contribution in [2.45, 2.75) is 25.3 Å². The maximum Gasteiger partial charge on any atom is 0.0593 e. The highest BCUT2D eigenvalue weighted by atomic mass is 16.5. The first-order valence-electron chi connectivity index (χ1n) is 5.74. The topological polar surface area (TPSA) is 61.2 Å². The number of azide groups is 1. The molecule has 0 radical (unpaired) electrons. The number of hydrogen-bond donors (Lipinski definition) is 0. The Morgan fingerprint density at radius 3 is 3.27 bits per heavy atom. The molecule has 1 aliphatic carbocycles. The summed E-state index contributed by atoms with van der Waals surface area (Å²) in [5, 5.41) is 3.61. The first-order chi connectivity index (χ1) is 7.42. The molecule has 1 heterocycles. The maximum atomic E-state index is 8.25.